The lowest BCUT2D eigenvalue weighted by molar-refractivity contribution is 0.225. The van der Waals surface area contributed by atoms with Crippen molar-refractivity contribution in [3.05, 3.63) is 30.3 Å². The first-order valence-electron chi connectivity index (χ1n) is 5.44. The molecule has 1 nitrogen and oxygen atoms in total. The number of alkyl halides is 1. The van der Waals surface area contributed by atoms with Crippen molar-refractivity contribution < 1.29 is 4.74 Å². The van der Waals surface area contributed by atoms with Gasteiger partial charge in [-0.3, -0.25) is 0 Å². The number of ether oxygens (including phenoxy) is 1. The maximum atomic E-state index is 5.94. The second kappa shape index (κ2) is 6.02. The Morgan fingerprint density at radius 1 is 1.27 bits per heavy atom. The molecule has 1 atom stereocenters. The average molecular weight is 227 g/mol. The Bertz CT molecular complexity index is 267. The van der Waals surface area contributed by atoms with Crippen LogP contribution in [0, 0.1) is 5.41 Å². The topological polar surface area (TPSA) is 9.23 Å². The fourth-order valence-corrected chi connectivity index (χ4v) is 1.59. The summed E-state index contributed by atoms with van der Waals surface area (Å²) in [5.74, 6) is 1.63. The standard InChI is InChI=1S/C13H19ClO/c1-3-13(2,11-14)9-10-15-12-7-5-4-6-8-12/h4-8H,3,9-11H2,1-2H3. The molecule has 0 heterocycles. The Morgan fingerprint density at radius 3 is 2.47 bits per heavy atom. The highest BCUT2D eigenvalue weighted by atomic mass is 35.5. The molecule has 1 aromatic rings. The van der Waals surface area contributed by atoms with E-state index in [1.807, 2.05) is 30.3 Å². The van der Waals surface area contributed by atoms with Crippen LogP contribution in [0.4, 0.5) is 0 Å². The lowest BCUT2D eigenvalue weighted by Gasteiger charge is -2.25. The average Bonchev–Trinajstić information content (AvgIpc) is 2.30. The molecule has 0 fully saturated rings. The highest BCUT2D eigenvalue weighted by Gasteiger charge is 2.20. The zero-order valence-electron chi connectivity index (χ0n) is 9.50. The van der Waals surface area contributed by atoms with Gasteiger partial charge in [0.15, 0.2) is 0 Å². The number of rotatable bonds is 6. The molecule has 84 valence electrons. The second-order valence-corrected chi connectivity index (χ2v) is 4.48. The van der Waals surface area contributed by atoms with Crippen LogP contribution < -0.4 is 4.74 Å². The molecule has 0 aliphatic heterocycles. The van der Waals surface area contributed by atoms with Crippen molar-refractivity contribution in [2.75, 3.05) is 12.5 Å². The third kappa shape index (κ3) is 4.13. The van der Waals surface area contributed by atoms with Gasteiger partial charge in [0, 0.05) is 5.88 Å². The van der Waals surface area contributed by atoms with E-state index in [0.717, 1.165) is 25.2 Å². The Hall–Kier alpha value is -0.690. The third-order valence-corrected chi connectivity index (χ3v) is 3.54. The molecule has 0 radical (unpaired) electrons. The van der Waals surface area contributed by atoms with Crippen molar-refractivity contribution in [3.8, 4) is 5.75 Å². The molecule has 0 N–H and O–H groups in total. The minimum Gasteiger partial charge on any atom is -0.494 e. The molecule has 0 aromatic heterocycles. The van der Waals surface area contributed by atoms with Crippen LogP contribution in [0.15, 0.2) is 30.3 Å². The smallest absolute Gasteiger partial charge is 0.119 e. The van der Waals surface area contributed by atoms with E-state index in [2.05, 4.69) is 13.8 Å². The maximum Gasteiger partial charge on any atom is 0.119 e. The van der Waals surface area contributed by atoms with Crippen molar-refractivity contribution >= 4 is 11.6 Å². The molecule has 1 unspecified atom stereocenters. The number of benzene rings is 1. The first-order chi connectivity index (χ1) is 7.20. The predicted molar refractivity (Wildman–Crippen MR) is 65.7 cm³/mol. The van der Waals surface area contributed by atoms with Crippen molar-refractivity contribution in [3.63, 3.8) is 0 Å². The summed E-state index contributed by atoms with van der Waals surface area (Å²) >= 11 is 5.94. The molecule has 0 saturated heterocycles. The number of hydrogen-bond donors (Lipinski definition) is 0. The highest BCUT2D eigenvalue weighted by Crippen LogP contribution is 2.27. The van der Waals surface area contributed by atoms with Gasteiger partial charge < -0.3 is 4.74 Å². The largest absolute Gasteiger partial charge is 0.494 e. The maximum absolute atomic E-state index is 5.94. The van der Waals surface area contributed by atoms with E-state index in [1.165, 1.54) is 0 Å². The van der Waals surface area contributed by atoms with Crippen LogP contribution in [0.3, 0.4) is 0 Å². The van der Waals surface area contributed by atoms with Crippen LogP contribution in [0.5, 0.6) is 5.75 Å². The van der Waals surface area contributed by atoms with E-state index in [0.29, 0.717) is 5.88 Å². The van der Waals surface area contributed by atoms with Crippen LogP contribution >= 0.6 is 11.6 Å². The molecular formula is C13H19ClO. The monoisotopic (exact) mass is 226 g/mol. The predicted octanol–water partition coefficient (Wildman–Crippen LogP) is 4.11. The van der Waals surface area contributed by atoms with Gasteiger partial charge in [-0.05, 0) is 30.4 Å². The SMILES string of the molecule is CCC(C)(CCl)CCOc1ccccc1. The van der Waals surface area contributed by atoms with Crippen molar-refractivity contribution in [1.82, 2.24) is 0 Å². The minimum absolute atomic E-state index is 0.205. The molecule has 1 aromatic carbocycles. The third-order valence-electron chi connectivity index (χ3n) is 2.89. The summed E-state index contributed by atoms with van der Waals surface area (Å²) < 4.78 is 5.65. The summed E-state index contributed by atoms with van der Waals surface area (Å²) in [5, 5.41) is 0. The molecule has 1 rings (SSSR count). The molecule has 0 amide bonds. The number of halogens is 1. The molecule has 2 heteroatoms. The van der Waals surface area contributed by atoms with Gasteiger partial charge in [-0.1, -0.05) is 32.0 Å². The summed E-state index contributed by atoms with van der Waals surface area (Å²) in [7, 11) is 0. The van der Waals surface area contributed by atoms with E-state index in [-0.39, 0.29) is 5.41 Å². The van der Waals surface area contributed by atoms with Gasteiger partial charge in [-0.15, -0.1) is 11.6 Å². The Kier molecular flexibility index (Phi) is 4.97. The highest BCUT2D eigenvalue weighted by molar-refractivity contribution is 6.18. The Labute approximate surface area is 97.4 Å². The van der Waals surface area contributed by atoms with Gasteiger partial charge in [0.2, 0.25) is 0 Å². The van der Waals surface area contributed by atoms with Gasteiger partial charge in [-0.2, -0.15) is 0 Å². The quantitative estimate of drug-likeness (QED) is 0.664. The van der Waals surface area contributed by atoms with Gasteiger partial charge in [0.25, 0.3) is 0 Å². The van der Waals surface area contributed by atoms with E-state index in [9.17, 15) is 0 Å². The number of hydrogen-bond acceptors (Lipinski definition) is 1. The summed E-state index contributed by atoms with van der Waals surface area (Å²) in [5.41, 5.74) is 0.205. The summed E-state index contributed by atoms with van der Waals surface area (Å²) in [6.07, 6.45) is 2.09. The fourth-order valence-electron chi connectivity index (χ4n) is 1.27. The summed E-state index contributed by atoms with van der Waals surface area (Å²) in [6.45, 7) is 5.11. The fraction of sp³-hybridized carbons (Fsp3) is 0.538. The summed E-state index contributed by atoms with van der Waals surface area (Å²) in [4.78, 5) is 0. The molecule has 15 heavy (non-hydrogen) atoms. The second-order valence-electron chi connectivity index (χ2n) is 4.21. The normalized spacial score (nSPS) is 14.6. The van der Waals surface area contributed by atoms with Crippen LogP contribution in [-0.2, 0) is 0 Å². The van der Waals surface area contributed by atoms with Crippen LogP contribution in [-0.4, -0.2) is 12.5 Å². The Morgan fingerprint density at radius 2 is 1.93 bits per heavy atom. The molecular weight excluding hydrogens is 208 g/mol. The van der Waals surface area contributed by atoms with Crippen LogP contribution in [0.2, 0.25) is 0 Å². The first-order valence-corrected chi connectivity index (χ1v) is 5.97. The van der Waals surface area contributed by atoms with Crippen molar-refractivity contribution in [2.24, 2.45) is 5.41 Å². The molecule has 0 bridgehead atoms. The zero-order valence-corrected chi connectivity index (χ0v) is 10.3. The van der Waals surface area contributed by atoms with Crippen LogP contribution in [0.25, 0.3) is 0 Å². The van der Waals surface area contributed by atoms with Crippen molar-refractivity contribution in [2.45, 2.75) is 26.7 Å². The van der Waals surface area contributed by atoms with Gasteiger partial charge in [0.1, 0.15) is 5.75 Å². The zero-order chi connectivity index (χ0) is 11.1. The first kappa shape index (κ1) is 12.4. The van der Waals surface area contributed by atoms with E-state index < -0.39 is 0 Å². The van der Waals surface area contributed by atoms with Crippen molar-refractivity contribution in [1.29, 1.82) is 0 Å². The lowest BCUT2D eigenvalue weighted by atomic mass is 9.87. The molecule has 0 aliphatic carbocycles. The lowest BCUT2D eigenvalue weighted by Crippen LogP contribution is -2.20. The van der Waals surface area contributed by atoms with Gasteiger partial charge in [-0.25, -0.2) is 0 Å². The van der Waals surface area contributed by atoms with E-state index >= 15 is 0 Å². The van der Waals surface area contributed by atoms with Gasteiger partial charge in [0.05, 0.1) is 6.61 Å². The summed E-state index contributed by atoms with van der Waals surface area (Å²) in [6, 6.07) is 9.90. The van der Waals surface area contributed by atoms with E-state index in [1.54, 1.807) is 0 Å². The molecule has 0 saturated carbocycles. The molecule has 0 spiro atoms. The number of para-hydroxylation sites is 1. The molecule has 0 aliphatic rings. The van der Waals surface area contributed by atoms with Crippen LogP contribution in [0.1, 0.15) is 26.7 Å². The minimum atomic E-state index is 0.205. The van der Waals surface area contributed by atoms with Gasteiger partial charge >= 0.3 is 0 Å². The van der Waals surface area contributed by atoms with E-state index in [4.69, 9.17) is 16.3 Å². The Balaban J connectivity index is 2.33.